The van der Waals surface area contributed by atoms with E-state index in [9.17, 15) is 4.79 Å². The number of nitrogens with zero attached hydrogens (tertiary/aromatic N) is 1. The second-order valence-corrected chi connectivity index (χ2v) is 6.37. The van der Waals surface area contributed by atoms with Gasteiger partial charge in [0.15, 0.2) is 0 Å². The summed E-state index contributed by atoms with van der Waals surface area (Å²) in [5.74, 6) is 1.03. The molecule has 0 saturated carbocycles. The van der Waals surface area contributed by atoms with E-state index >= 15 is 0 Å². The average molecular weight is 283 g/mol. The van der Waals surface area contributed by atoms with Crippen LogP contribution in [0.3, 0.4) is 0 Å². The zero-order valence-electron chi connectivity index (χ0n) is 12.9. The van der Waals surface area contributed by atoms with Gasteiger partial charge in [-0.1, -0.05) is 13.8 Å². The fraction of sp³-hybridized carbons (Fsp3) is 0.933. The zero-order chi connectivity index (χ0) is 14.4. The first-order valence-corrected chi connectivity index (χ1v) is 7.97. The molecule has 116 valence electrons. The lowest BCUT2D eigenvalue weighted by atomic mass is 10.0. The maximum absolute atomic E-state index is 12.1. The van der Waals surface area contributed by atoms with E-state index in [4.69, 9.17) is 4.74 Å². The summed E-state index contributed by atoms with van der Waals surface area (Å²) < 4.78 is 5.42. The van der Waals surface area contributed by atoms with E-state index < -0.39 is 0 Å². The molecule has 1 amide bonds. The van der Waals surface area contributed by atoms with Crippen LogP contribution in [0.15, 0.2) is 0 Å². The third-order valence-electron chi connectivity index (χ3n) is 4.25. The maximum atomic E-state index is 12.1. The molecule has 5 heteroatoms. The number of hydrogen-bond donors (Lipinski definition) is 2. The van der Waals surface area contributed by atoms with Gasteiger partial charge in [-0.25, -0.2) is 0 Å². The van der Waals surface area contributed by atoms with Crippen molar-refractivity contribution in [1.82, 2.24) is 15.5 Å². The molecule has 2 fully saturated rings. The minimum absolute atomic E-state index is 0.166. The van der Waals surface area contributed by atoms with E-state index in [-0.39, 0.29) is 11.8 Å². The molecule has 0 spiro atoms. The molecule has 2 aliphatic rings. The van der Waals surface area contributed by atoms with Crippen LogP contribution in [0.4, 0.5) is 0 Å². The summed E-state index contributed by atoms with van der Waals surface area (Å²) in [6, 6.07) is 0.442. The minimum Gasteiger partial charge on any atom is -0.379 e. The predicted octanol–water partition coefficient (Wildman–Crippen LogP) is 0.459. The third-order valence-corrected chi connectivity index (χ3v) is 4.25. The first kappa shape index (κ1) is 15.7. The van der Waals surface area contributed by atoms with Crippen LogP contribution in [0, 0.1) is 11.8 Å². The highest BCUT2D eigenvalue weighted by Crippen LogP contribution is 2.14. The van der Waals surface area contributed by atoms with Crippen molar-refractivity contribution in [2.75, 3.05) is 45.9 Å². The van der Waals surface area contributed by atoms with Crippen molar-refractivity contribution in [3.63, 3.8) is 0 Å². The molecule has 2 saturated heterocycles. The van der Waals surface area contributed by atoms with Crippen LogP contribution in [-0.2, 0) is 9.53 Å². The lowest BCUT2D eigenvalue weighted by Gasteiger charge is -2.35. The van der Waals surface area contributed by atoms with Crippen LogP contribution in [0.2, 0.25) is 0 Å². The van der Waals surface area contributed by atoms with Crippen molar-refractivity contribution >= 4 is 5.91 Å². The van der Waals surface area contributed by atoms with Crippen LogP contribution in [-0.4, -0.2) is 62.8 Å². The van der Waals surface area contributed by atoms with Gasteiger partial charge >= 0.3 is 0 Å². The number of carbonyl (C=O) groups excluding carboxylic acids is 1. The fourth-order valence-corrected chi connectivity index (χ4v) is 3.09. The SMILES string of the molecule is CC(C)CC(CNC(=O)C1CCNC1)N1CCOCC1. The van der Waals surface area contributed by atoms with Crippen LogP contribution in [0.1, 0.15) is 26.7 Å². The molecule has 0 aromatic heterocycles. The molecule has 0 radical (unpaired) electrons. The summed E-state index contributed by atoms with van der Waals surface area (Å²) >= 11 is 0. The van der Waals surface area contributed by atoms with Crippen molar-refractivity contribution in [2.45, 2.75) is 32.7 Å². The van der Waals surface area contributed by atoms with Gasteiger partial charge in [-0.15, -0.1) is 0 Å². The molecule has 0 aromatic rings. The minimum atomic E-state index is 0.166. The molecule has 2 heterocycles. The molecular weight excluding hydrogens is 254 g/mol. The Kier molecular flexibility index (Phi) is 6.26. The highest BCUT2D eigenvalue weighted by atomic mass is 16.5. The number of rotatable bonds is 6. The molecule has 2 aliphatic heterocycles. The van der Waals surface area contributed by atoms with Crippen molar-refractivity contribution in [3.8, 4) is 0 Å². The molecule has 2 N–H and O–H groups in total. The Morgan fingerprint density at radius 1 is 1.40 bits per heavy atom. The fourth-order valence-electron chi connectivity index (χ4n) is 3.09. The van der Waals surface area contributed by atoms with Crippen molar-refractivity contribution in [3.05, 3.63) is 0 Å². The Hall–Kier alpha value is -0.650. The van der Waals surface area contributed by atoms with E-state index in [2.05, 4.69) is 29.4 Å². The van der Waals surface area contributed by atoms with Crippen molar-refractivity contribution < 1.29 is 9.53 Å². The van der Waals surface area contributed by atoms with Gasteiger partial charge in [0, 0.05) is 32.2 Å². The number of morpholine rings is 1. The summed E-state index contributed by atoms with van der Waals surface area (Å²) in [6.45, 7) is 10.7. The smallest absolute Gasteiger partial charge is 0.224 e. The second-order valence-electron chi connectivity index (χ2n) is 6.37. The Balaban J connectivity index is 1.81. The van der Waals surface area contributed by atoms with Crippen LogP contribution in [0.5, 0.6) is 0 Å². The summed E-state index contributed by atoms with van der Waals surface area (Å²) in [4.78, 5) is 14.6. The quantitative estimate of drug-likeness (QED) is 0.743. The lowest BCUT2D eigenvalue weighted by molar-refractivity contribution is -0.124. The topological polar surface area (TPSA) is 53.6 Å². The molecule has 2 rings (SSSR count). The van der Waals surface area contributed by atoms with Gasteiger partial charge < -0.3 is 15.4 Å². The van der Waals surface area contributed by atoms with E-state index in [1.54, 1.807) is 0 Å². The maximum Gasteiger partial charge on any atom is 0.224 e. The van der Waals surface area contributed by atoms with Gasteiger partial charge in [-0.05, 0) is 25.3 Å². The first-order valence-electron chi connectivity index (χ1n) is 7.97. The molecular formula is C15H29N3O2. The van der Waals surface area contributed by atoms with Gasteiger partial charge in [-0.3, -0.25) is 9.69 Å². The number of carbonyl (C=O) groups is 1. The summed E-state index contributed by atoms with van der Waals surface area (Å²) in [7, 11) is 0. The van der Waals surface area contributed by atoms with E-state index in [1.165, 1.54) is 0 Å². The predicted molar refractivity (Wildman–Crippen MR) is 79.6 cm³/mol. The molecule has 0 bridgehead atoms. The lowest BCUT2D eigenvalue weighted by Crippen LogP contribution is -2.50. The van der Waals surface area contributed by atoms with Gasteiger partial charge in [0.2, 0.25) is 5.91 Å². The average Bonchev–Trinajstić information content (AvgIpc) is 2.98. The monoisotopic (exact) mass is 283 g/mol. The van der Waals surface area contributed by atoms with Crippen LogP contribution >= 0.6 is 0 Å². The Labute approximate surface area is 122 Å². The van der Waals surface area contributed by atoms with Gasteiger partial charge in [0.1, 0.15) is 0 Å². The van der Waals surface area contributed by atoms with Gasteiger partial charge in [-0.2, -0.15) is 0 Å². The van der Waals surface area contributed by atoms with Crippen LogP contribution in [0.25, 0.3) is 0 Å². The molecule has 2 atom stereocenters. The van der Waals surface area contributed by atoms with Crippen molar-refractivity contribution in [2.24, 2.45) is 11.8 Å². The Morgan fingerprint density at radius 3 is 2.75 bits per heavy atom. The Morgan fingerprint density at radius 2 is 2.15 bits per heavy atom. The summed E-state index contributed by atoms with van der Waals surface area (Å²) in [6.07, 6.45) is 2.10. The molecule has 0 aliphatic carbocycles. The highest BCUT2D eigenvalue weighted by molar-refractivity contribution is 5.79. The van der Waals surface area contributed by atoms with Gasteiger partial charge in [0.05, 0.1) is 19.1 Å². The summed E-state index contributed by atoms with van der Waals surface area (Å²) in [5, 5.41) is 6.41. The van der Waals surface area contributed by atoms with E-state index in [0.29, 0.717) is 12.0 Å². The number of ether oxygens (including phenoxy) is 1. The molecule has 2 unspecified atom stereocenters. The molecule has 0 aromatic carbocycles. The van der Waals surface area contributed by atoms with E-state index in [1.807, 2.05) is 0 Å². The molecule has 20 heavy (non-hydrogen) atoms. The van der Waals surface area contributed by atoms with Gasteiger partial charge in [0.25, 0.3) is 0 Å². The number of hydrogen-bond acceptors (Lipinski definition) is 4. The number of nitrogens with one attached hydrogen (secondary N) is 2. The van der Waals surface area contributed by atoms with E-state index in [0.717, 1.165) is 58.8 Å². The third kappa shape index (κ3) is 4.72. The standard InChI is InChI=1S/C15H29N3O2/c1-12(2)9-14(18-5-7-20-8-6-18)11-17-15(19)13-3-4-16-10-13/h12-14,16H,3-11H2,1-2H3,(H,17,19). The number of amides is 1. The highest BCUT2D eigenvalue weighted by Gasteiger charge is 2.25. The normalized spacial score (nSPS) is 25.9. The van der Waals surface area contributed by atoms with Crippen molar-refractivity contribution in [1.29, 1.82) is 0 Å². The Bertz CT molecular complexity index is 297. The largest absolute Gasteiger partial charge is 0.379 e. The van der Waals surface area contributed by atoms with Crippen LogP contribution < -0.4 is 10.6 Å². The summed E-state index contributed by atoms with van der Waals surface area (Å²) in [5.41, 5.74) is 0. The first-order chi connectivity index (χ1) is 9.66. The molecule has 5 nitrogen and oxygen atoms in total. The zero-order valence-corrected chi connectivity index (χ0v) is 12.9. The second kappa shape index (κ2) is 7.96.